The molecule has 0 aliphatic heterocycles. The summed E-state index contributed by atoms with van der Waals surface area (Å²) in [6, 6.07) is 0. The molecule has 1 heterocycles. The lowest BCUT2D eigenvalue weighted by Gasteiger charge is -2.00. The molecule has 6 heteroatoms. The highest BCUT2D eigenvalue weighted by Gasteiger charge is 2.12. The molecule has 0 saturated heterocycles. The van der Waals surface area contributed by atoms with Gasteiger partial charge in [0.05, 0.1) is 6.51 Å². The van der Waals surface area contributed by atoms with Gasteiger partial charge >= 0.3 is 6.92 Å². The molecule has 0 spiro atoms. The van der Waals surface area contributed by atoms with Gasteiger partial charge in [-0.1, -0.05) is 0 Å². The first-order valence-electron chi connectivity index (χ1n) is 3.10. The summed E-state index contributed by atoms with van der Waals surface area (Å²) in [6.45, 7) is -1.26. The lowest BCUT2D eigenvalue weighted by atomic mass is 9.64. The van der Waals surface area contributed by atoms with Crippen molar-refractivity contribution in [2.75, 3.05) is 12.2 Å². The number of hydrogen-bond donors (Lipinski definition) is 3. The molecule has 11 heavy (non-hydrogen) atoms. The van der Waals surface area contributed by atoms with Gasteiger partial charge in [0.1, 0.15) is 0 Å². The molecule has 0 unspecified atom stereocenters. The zero-order valence-corrected chi connectivity index (χ0v) is 5.81. The van der Waals surface area contributed by atoms with Gasteiger partial charge < -0.3 is 15.9 Å². The SMILES string of the molecule is Nc1ncc(B(O)CO)cn1. The van der Waals surface area contributed by atoms with Crippen LogP contribution in [-0.4, -0.2) is 33.5 Å². The predicted octanol–water partition coefficient (Wildman–Crippen LogP) is -2.22. The average Bonchev–Trinajstić information content (AvgIpc) is 2.05. The molecular formula is C5H8BN3O2. The van der Waals surface area contributed by atoms with Gasteiger partial charge in [-0.15, -0.1) is 0 Å². The number of hydrogen-bond acceptors (Lipinski definition) is 5. The van der Waals surface area contributed by atoms with Crippen LogP contribution in [0.1, 0.15) is 0 Å². The summed E-state index contributed by atoms with van der Waals surface area (Å²) in [7, 11) is 0. The minimum atomic E-state index is -0.921. The van der Waals surface area contributed by atoms with Crippen LogP contribution in [0, 0.1) is 0 Å². The van der Waals surface area contributed by atoms with E-state index in [1.807, 2.05) is 0 Å². The van der Waals surface area contributed by atoms with E-state index in [0.29, 0.717) is 5.46 Å². The topological polar surface area (TPSA) is 92.3 Å². The molecule has 58 valence electrons. The van der Waals surface area contributed by atoms with Gasteiger partial charge in [-0.2, -0.15) is 0 Å². The first-order chi connectivity index (χ1) is 5.24. The molecule has 4 N–H and O–H groups in total. The molecule has 1 aromatic rings. The average molecular weight is 153 g/mol. The predicted molar refractivity (Wildman–Crippen MR) is 41.1 cm³/mol. The largest absolute Gasteiger partial charge is 0.445 e. The Kier molecular flexibility index (Phi) is 2.40. The number of aliphatic hydroxyl groups excluding tert-OH is 1. The summed E-state index contributed by atoms with van der Waals surface area (Å²) >= 11 is 0. The molecule has 0 fully saturated rings. The molecule has 0 atom stereocenters. The standard InChI is InChI=1S/C5H8BN3O2/c7-5-8-1-4(2-9-5)6(11)3-10/h1-2,10-11H,3H2,(H2,7,8,9). The quantitative estimate of drug-likeness (QED) is 0.418. The molecule has 1 rings (SSSR count). The summed E-state index contributed by atoms with van der Waals surface area (Å²) in [5, 5.41) is 17.6. The van der Waals surface area contributed by atoms with Crippen molar-refractivity contribution in [3.8, 4) is 0 Å². The van der Waals surface area contributed by atoms with Gasteiger partial charge in [-0.3, -0.25) is 0 Å². The van der Waals surface area contributed by atoms with E-state index in [4.69, 9.17) is 15.9 Å². The van der Waals surface area contributed by atoms with Crippen LogP contribution >= 0.6 is 0 Å². The molecule has 0 aliphatic carbocycles. The first kappa shape index (κ1) is 7.97. The number of aromatic nitrogens is 2. The Hall–Kier alpha value is -1.14. The fourth-order valence-corrected chi connectivity index (χ4v) is 0.625. The number of anilines is 1. The normalized spacial score (nSPS) is 9.64. The van der Waals surface area contributed by atoms with Crippen LogP contribution in [0.2, 0.25) is 0 Å². The Labute approximate surface area is 64.0 Å². The van der Waals surface area contributed by atoms with Crippen LogP contribution in [0.3, 0.4) is 0 Å². The van der Waals surface area contributed by atoms with E-state index in [1.54, 1.807) is 0 Å². The van der Waals surface area contributed by atoms with Crippen LogP contribution in [-0.2, 0) is 0 Å². The van der Waals surface area contributed by atoms with Crippen LogP contribution in [0.5, 0.6) is 0 Å². The van der Waals surface area contributed by atoms with Gasteiger partial charge in [-0.05, 0) is 5.46 Å². The Balaban J connectivity index is 2.81. The van der Waals surface area contributed by atoms with E-state index < -0.39 is 6.92 Å². The second-order valence-electron chi connectivity index (χ2n) is 2.07. The molecule has 0 aromatic carbocycles. The molecule has 0 radical (unpaired) electrons. The Morgan fingerprint density at radius 2 is 2.00 bits per heavy atom. The Bertz CT molecular complexity index is 228. The number of nitrogens with zero attached hydrogens (tertiary/aromatic N) is 2. The summed E-state index contributed by atoms with van der Waals surface area (Å²) in [5.41, 5.74) is 5.66. The van der Waals surface area contributed by atoms with Crippen LogP contribution in [0.15, 0.2) is 12.4 Å². The summed E-state index contributed by atoms with van der Waals surface area (Å²) in [6.07, 6.45) is 2.76. The van der Waals surface area contributed by atoms with Crippen molar-refractivity contribution in [2.45, 2.75) is 0 Å². The maximum absolute atomic E-state index is 9.05. The minimum Gasteiger partial charge on any atom is -0.445 e. The summed E-state index contributed by atoms with van der Waals surface area (Å²) < 4.78 is 0. The van der Waals surface area contributed by atoms with Gasteiger partial charge in [0, 0.05) is 12.4 Å². The third kappa shape index (κ3) is 1.89. The zero-order valence-electron chi connectivity index (χ0n) is 5.81. The van der Waals surface area contributed by atoms with Crippen molar-refractivity contribution < 1.29 is 10.1 Å². The molecule has 5 nitrogen and oxygen atoms in total. The summed E-state index contributed by atoms with van der Waals surface area (Å²) in [4.78, 5) is 7.29. The van der Waals surface area contributed by atoms with Crippen LogP contribution < -0.4 is 11.2 Å². The van der Waals surface area contributed by atoms with Crippen molar-refractivity contribution in [2.24, 2.45) is 0 Å². The highest BCUT2D eigenvalue weighted by Crippen LogP contribution is 1.84. The number of nitrogen functional groups attached to an aromatic ring is 1. The zero-order chi connectivity index (χ0) is 8.27. The fourth-order valence-electron chi connectivity index (χ4n) is 0.625. The molecule has 0 amide bonds. The van der Waals surface area contributed by atoms with Gasteiger partial charge in [0.15, 0.2) is 0 Å². The molecule has 0 bridgehead atoms. The molecule has 1 aromatic heterocycles. The van der Waals surface area contributed by atoms with Gasteiger partial charge in [-0.25, -0.2) is 9.97 Å². The second kappa shape index (κ2) is 3.31. The van der Waals surface area contributed by atoms with Gasteiger partial charge in [0.25, 0.3) is 0 Å². The van der Waals surface area contributed by atoms with E-state index in [1.165, 1.54) is 12.4 Å². The van der Waals surface area contributed by atoms with Crippen LogP contribution in [0.25, 0.3) is 0 Å². The van der Waals surface area contributed by atoms with Crippen molar-refractivity contribution in [1.82, 2.24) is 9.97 Å². The molecular weight excluding hydrogens is 145 g/mol. The highest BCUT2D eigenvalue weighted by atomic mass is 16.3. The van der Waals surface area contributed by atoms with E-state index >= 15 is 0 Å². The van der Waals surface area contributed by atoms with Crippen molar-refractivity contribution >= 4 is 18.3 Å². The third-order valence-corrected chi connectivity index (χ3v) is 1.25. The van der Waals surface area contributed by atoms with E-state index in [0.717, 1.165) is 0 Å². The first-order valence-corrected chi connectivity index (χ1v) is 3.10. The van der Waals surface area contributed by atoms with E-state index in [2.05, 4.69) is 9.97 Å². The van der Waals surface area contributed by atoms with Gasteiger partial charge in [0.2, 0.25) is 5.95 Å². The lowest BCUT2D eigenvalue weighted by Crippen LogP contribution is -2.35. The number of rotatable bonds is 2. The smallest absolute Gasteiger partial charge is 0.353 e. The second-order valence-corrected chi connectivity index (χ2v) is 2.07. The van der Waals surface area contributed by atoms with Crippen molar-refractivity contribution in [3.63, 3.8) is 0 Å². The Morgan fingerprint density at radius 3 is 2.45 bits per heavy atom. The molecule has 0 aliphatic rings. The number of nitrogens with two attached hydrogens (primary N) is 1. The van der Waals surface area contributed by atoms with E-state index in [-0.39, 0.29) is 12.5 Å². The Morgan fingerprint density at radius 1 is 1.45 bits per heavy atom. The summed E-state index contributed by atoms with van der Waals surface area (Å²) in [5.74, 6) is 0.152. The third-order valence-electron chi connectivity index (χ3n) is 1.25. The van der Waals surface area contributed by atoms with Crippen molar-refractivity contribution in [1.29, 1.82) is 0 Å². The van der Waals surface area contributed by atoms with Crippen LogP contribution in [0.4, 0.5) is 5.95 Å². The maximum Gasteiger partial charge on any atom is 0.353 e. The molecule has 0 saturated carbocycles. The fraction of sp³-hybridized carbons (Fsp3) is 0.200. The monoisotopic (exact) mass is 153 g/mol. The minimum absolute atomic E-state index is 0.152. The lowest BCUT2D eigenvalue weighted by molar-refractivity contribution is 0.343. The van der Waals surface area contributed by atoms with E-state index in [9.17, 15) is 0 Å². The highest BCUT2D eigenvalue weighted by molar-refractivity contribution is 6.65. The number of aliphatic hydroxyl groups is 1. The van der Waals surface area contributed by atoms with Crippen molar-refractivity contribution in [3.05, 3.63) is 12.4 Å². The maximum atomic E-state index is 9.05.